The van der Waals surface area contributed by atoms with Gasteiger partial charge in [0.05, 0.1) is 0 Å². The average molecular weight is 399 g/mol. The predicted molar refractivity (Wildman–Crippen MR) is 112 cm³/mol. The molecule has 27 heavy (non-hydrogen) atoms. The number of aromatic nitrogens is 2. The first-order valence-electron chi connectivity index (χ1n) is 9.13. The van der Waals surface area contributed by atoms with Crippen molar-refractivity contribution in [1.82, 2.24) is 9.78 Å². The first kappa shape index (κ1) is 18.3. The normalized spacial score (nSPS) is 12.6. The Balaban J connectivity index is 1.69. The van der Waals surface area contributed by atoms with Crippen LogP contribution in [-0.2, 0) is 11.5 Å². The van der Waals surface area contributed by atoms with Gasteiger partial charge in [0, 0.05) is 42.6 Å². The molecule has 4 nitrogen and oxygen atoms in total. The number of benzene rings is 2. The zero-order valence-electron chi connectivity index (χ0n) is 15.8. The van der Waals surface area contributed by atoms with E-state index in [1.807, 2.05) is 47.3 Å². The molecule has 2 heterocycles. The molecule has 0 aliphatic carbocycles. The van der Waals surface area contributed by atoms with Crippen molar-refractivity contribution >= 4 is 19.7 Å². The molecule has 0 fully saturated rings. The summed E-state index contributed by atoms with van der Waals surface area (Å²) in [5.41, 5.74) is 3.81. The van der Waals surface area contributed by atoms with Crippen molar-refractivity contribution in [1.29, 1.82) is 0 Å². The maximum absolute atomic E-state index is 6.25. The summed E-state index contributed by atoms with van der Waals surface area (Å²) in [5.74, 6) is 1.58. The molecule has 0 bridgehead atoms. The highest BCUT2D eigenvalue weighted by molar-refractivity contribution is 6.76. The molecule has 2 aromatic carbocycles. The van der Waals surface area contributed by atoms with Crippen LogP contribution in [0.2, 0.25) is 30.7 Å². The highest BCUT2D eigenvalue weighted by Crippen LogP contribution is 2.46. The summed E-state index contributed by atoms with van der Waals surface area (Å²) >= 11 is 6.25. The lowest BCUT2D eigenvalue weighted by Gasteiger charge is -2.15. The Morgan fingerprint density at radius 2 is 1.81 bits per heavy atom. The predicted octanol–water partition coefficient (Wildman–Crippen LogP) is 6.29. The first-order chi connectivity index (χ1) is 12.9. The maximum atomic E-state index is 6.25. The molecule has 0 saturated heterocycles. The monoisotopic (exact) mass is 398 g/mol. The molecule has 1 aliphatic heterocycles. The van der Waals surface area contributed by atoms with E-state index in [1.54, 1.807) is 0 Å². The average Bonchev–Trinajstić information content (AvgIpc) is 2.99. The van der Waals surface area contributed by atoms with Gasteiger partial charge in [-0.2, -0.15) is 5.10 Å². The van der Waals surface area contributed by atoms with Gasteiger partial charge >= 0.3 is 0 Å². The molecule has 0 spiro atoms. The molecule has 0 N–H and O–H groups in total. The summed E-state index contributed by atoms with van der Waals surface area (Å²) in [4.78, 5) is 0. The number of hydrogen-bond donors (Lipinski definition) is 0. The van der Waals surface area contributed by atoms with Crippen LogP contribution in [-0.4, -0.2) is 24.5 Å². The second-order valence-corrected chi connectivity index (χ2v) is 14.1. The van der Waals surface area contributed by atoms with Gasteiger partial charge in [0.15, 0.2) is 0 Å². The van der Waals surface area contributed by atoms with Crippen LogP contribution in [0.4, 0.5) is 0 Å². The molecular formula is C21H23ClN2O2Si. The number of rotatable bonds is 5. The fourth-order valence-corrected chi connectivity index (χ4v) is 4.02. The van der Waals surface area contributed by atoms with Crippen LogP contribution in [0.15, 0.2) is 48.7 Å². The van der Waals surface area contributed by atoms with Crippen molar-refractivity contribution in [2.45, 2.75) is 32.4 Å². The number of ether oxygens (including phenoxy) is 2. The molecule has 1 aromatic heterocycles. The van der Waals surface area contributed by atoms with Crippen LogP contribution >= 0.6 is 11.6 Å². The Morgan fingerprint density at radius 3 is 2.63 bits per heavy atom. The molecule has 0 radical (unpaired) electrons. The van der Waals surface area contributed by atoms with Crippen molar-refractivity contribution in [2.24, 2.45) is 0 Å². The topological polar surface area (TPSA) is 36.3 Å². The standard InChI is InChI=1S/C21H23ClN2O2Si/c1-27(2,3)11-10-25-14-24-13-18-16-6-4-5-7-19(16)26-20-9-8-15(22)12-17(20)21(18)23-24/h4-9,12-13H,10-11,14H2,1-3H3. The lowest BCUT2D eigenvalue weighted by atomic mass is 10.0. The minimum Gasteiger partial charge on any atom is -0.456 e. The Hall–Kier alpha value is -2.08. The third kappa shape index (κ3) is 3.95. The van der Waals surface area contributed by atoms with E-state index in [0.717, 1.165) is 46.5 Å². The smallest absolute Gasteiger partial charge is 0.139 e. The van der Waals surface area contributed by atoms with Gasteiger partial charge in [-0.25, -0.2) is 4.68 Å². The number of nitrogens with zero attached hydrogens (tertiary/aromatic N) is 2. The Kier molecular flexibility index (Phi) is 4.84. The highest BCUT2D eigenvalue weighted by Gasteiger charge is 2.24. The fraction of sp³-hybridized carbons (Fsp3) is 0.286. The number of halogens is 1. The molecule has 0 unspecified atom stereocenters. The van der Waals surface area contributed by atoms with E-state index in [2.05, 4.69) is 25.7 Å². The van der Waals surface area contributed by atoms with E-state index in [9.17, 15) is 0 Å². The summed E-state index contributed by atoms with van der Waals surface area (Å²) in [7, 11) is -1.10. The number of para-hydroxylation sites is 1. The van der Waals surface area contributed by atoms with Gasteiger partial charge < -0.3 is 9.47 Å². The van der Waals surface area contributed by atoms with Crippen molar-refractivity contribution < 1.29 is 9.47 Å². The number of hydrogen-bond acceptors (Lipinski definition) is 3. The minimum absolute atomic E-state index is 0.441. The third-order valence-corrected chi connectivity index (χ3v) is 6.51. The van der Waals surface area contributed by atoms with Crippen molar-refractivity contribution in [3.05, 3.63) is 53.7 Å². The maximum Gasteiger partial charge on any atom is 0.139 e. The molecule has 3 aromatic rings. The second-order valence-electron chi connectivity index (χ2n) is 8.02. The highest BCUT2D eigenvalue weighted by atomic mass is 35.5. The Bertz CT molecular complexity index is 979. The van der Waals surface area contributed by atoms with E-state index in [-0.39, 0.29) is 0 Å². The summed E-state index contributed by atoms with van der Waals surface area (Å²) in [6, 6.07) is 14.8. The SMILES string of the molecule is C[Si](C)(C)CCOCn1cc2c(n1)-c1cc(Cl)ccc1Oc1ccccc1-2. The molecular weight excluding hydrogens is 376 g/mol. The minimum atomic E-state index is -1.10. The van der Waals surface area contributed by atoms with E-state index in [1.165, 1.54) is 0 Å². The largest absolute Gasteiger partial charge is 0.456 e. The zero-order chi connectivity index (χ0) is 19.0. The van der Waals surface area contributed by atoms with Gasteiger partial charge in [-0.15, -0.1) is 0 Å². The van der Waals surface area contributed by atoms with Gasteiger partial charge in [-0.3, -0.25) is 0 Å². The quantitative estimate of drug-likeness (QED) is 0.293. The van der Waals surface area contributed by atoms with E-state index in [0.29, 0.717) is 11.8 Å². The zero-order valence-corrected chi connectivity index (χ0v) is 17.6. The molecule has 0 amide bonds. The second kappa shape index (κ2) is 7.15. The van der Waals surface area contributed by atoms with Crippen LogP contribution in [0.25, 0.3) is 22.4 Å². The summed E-state index contributed by atoms with van der Waals surface area (Å²) < 4.78 is 13.9. The molecule has 140 valence electrons. The van der Waals surface area contributed by atoms with E-state index < -0.39 is 8.07 Å². The van der Waals surface area contributed by atoms with Crippen LogP contribution in [0, 0.1) is 0 Å². The van der Waals surface area contributed by atoms with Gasteiger partial charge in [0.2, 0.25) is 0 Å². The third-order valence-electron chi connectivity index (χ3n) is 4.58. The summed E-state index contributed by atoms with van der Waals surface area (Å²) in [6.45, 7) is 8.26. The Morgan fingerprint density at radius 1 is 1.04 bits per heavy atom. The summed E-state index contributed by atoms with van der Waals surface area (Å²) in [5, 5.41) is 5.45. The van der Waals surface area contributed by atoms with Crippen molar-refractivity contribution in [3.8, 4) is 33.9 Å². The molecule has 1 aliphatic rings. The van der Waals surface area contributed by atoms with Gasteiger partial charge in [0.25, 0.3) is 0 Å². The van der Waals surface area contributed by atoms with Gasteiger partial charge in [-0.05, 0) is 30.3 Å². The van der Waals surface area contributed by atoms with Crippen LogP contribution in [0.3, 0.4) is 0 Å². The lowest BCUT2D eigenvalue weighted by molar-refractivity contribution is 0.0787. The van der Waals surface area contributed by atoms with Crippen LogP contribution < -0.4 is 4.74 Å². The van der Waals surface area contributed by atoms with Crippen LogP contribution in [0.5, 0.6) is 11.5 Å². The van der Waals surface area contributed by atoms with Gasteiger partial charge in [-0.1, -0.05) is 49.4 Å². The van der Waals surface area contributed by atoms with Gasteiger partial charge in [0.1, 0.15) is 23.9 Å². The summed E-state index contributed by atoms with van der Waals surface area (Å²) in [6.07, 6.45) is 2.03. The van der Waals surface area contributed by atoms with Crippen molar-refractivity contribution in [2.75, 3.05) is 6.61 Å². The van der Waals surface area contributed by atoms with Crippen LogP contribution in [0.1, 0.15) is 0 Å². The molecule has 0 saturated carbocycles. The molecule has 6 heteroatoms. The molecule has 4 rings (SSSR count). The van der Waals surface area contributed by atoms with E-state index in [4.69, 9.17) is 26.2 Å². The fourth-order valence-electron chi connectivity index (χ4n) is 3.09. The Labute approximate surface area is 165 Å². The first-order valence-corrected chi connectivity index (χ1v) is 13.2. The lowest BCUT2D eigenvalue weighted by Crippen LogP contribution is -2.22. The number of fused-ring (bicyclic) bond motifs is 5. The van der Waals surface area contributed by atoms with Crippen molar-refractivity contribution in [3.63, 3.8) is 0 Å². The van der Waals surface area contributed by atoms with E-state index >= 15 is 0 Å². The molecule has 0 atom stereocenters.